The number of carboxylic acid groups (broad SMARTS) is 1. The average Bonchev–Trinajstić information content (AvgIpc) is 3.08. The number of rotatable bonds is 7. The van der Waals surface area contributed by atoms with Crippen molar-refractivity contribution in [1.29, 1.82) is 0 Å². The van der Waals surface area contributed by atoms with Gasteiger partial charge in [-0.25, -0.2) is 4.79 Å². The zero-order valence-corrected chi connectivity index (χ0v) is 15.7. The van der Waals surface area contributed by atoms with E-state index in [1.54, 1.807) is 6.92 Å². The molecule has 1 unspecified atom stereocenters. The van der Waals surface area contributed by atoms with Crippen LogP contribution < -0.4 is 11.1 Å². The molecule has 26 heavy (non-hydrogen) atoms. The van der Waals surface area contributed by atoms with E-state index in [1.165, 1.54) is 16.7 Å². The van der Waals surface area contributed by atoms with Gasteiger partial charge in [-0.05, 0) is 19.8 Å². The summed E-state index contributed by atoms with van der Waals surface area (Å²) in [7, 11) is 0. The van der Waals surface area contributed by atoms with E-state index >= 15 is 0 Å². The summed E-state index contributed by atoms with van der Waals surface area (Å²) in [4.78, 5) is 37.1. The number of carbonyl (C=O) groups is 3. The Kier molecular flexibility index (Phi) is 5.32. The molecule has 3 aliphatic rings. The van der Waals surface area contributed by atoms with Crippen molar-refractivity contribution in [2.24, 2.45) is 17.6 Å². The third kappa shape index (κ3) is 3.23. The highest BCUT2D eigenvalue weighted by atomic mass is 32.2. The minimum absolute atomic E-state index is 0.0648. The predicted molar refractivity (Wildman–Crippen MR) is 95.8 cm³/mol. The molecule has 6 atom stereocenters. The first-order valence-corrected chi connectivity index (χ1v) is 9.77. The molecule has 0 aromatic heterocycles. The second kappa shape index (κ2) is 7.21. The van der Waals surface area contributed by atoms with E-state index in [0.29, 0.717) is 17.7 Å². The van der Waals surface area contributed by atoms with Crippen LogP contribution in [0.4, 0.5) is 0 Å². The summed E-state index contributed by atoms with van der Waals surface area (Å²) in [6.07, 6.45) is 1.02. The smallest absolute Gasteiger partial charge is 0.353 e. The molecule has 144 valence electrons. The molecule has 9 heteroatoms. The van der Waals surface area contributed by atoms with Crippen LogP contribution in [0, 0.1) is 11.8 Å². The molecule has 5 N–H and O–H groups in total. The van der Waals surface area contributed by atoms with Crippen molar-refractivity contribution in [2.75, 3.05) is 6.54 Å². The highest BCUT2D eigenvalue weighted by molar-refractivity contribution is 8.03. The maximum absolute atomic E-state index is 12.3. The largest absolute Gasteiger partial charge is 0.477 e. The fraction of sp³-hybridized carbons (Fsp3) is 0.706. The van der Waals surface area contributed by atoms with Crippen LogP contribution in [0.1, 0.15) is 33.1 Å². The molecule has 2 fully saturated rings. The number of hydrogen-bond donors (Lipinski definition) is 4. The van der Waals surface area contributed by atoms with Gasteiger partial charge in [-0.3, -0.25) is 9.59 Å². The molecule has 8 nitrogen and oxygen atoms in total. The van der Waals surface area contributed by atoms with Crippen molar-refractivity contribution in [3.63, 3.8) is 0 Å². The molecule has 0 aromatic rings. The van der Waals surface area contributed by atoms with Crippen molar-refractivity contribution < 1.29 is 24.6 Å². The topological polar surface area (TPSA) is 133 Å². The van der Waals surface area contributed by atoms with E-state index in [2.05, 4.69) is 5.32 Å². The number of aliphatic carboxylic acids is 1. The molecule has 0 spiro atoms. The number of hydrogen-bond acceptors (Lipinski definition) is 6. The first kappa shape index (κ1) is 19.2. The standard InChI is InChI=1S/C17H25N3O5S/c1-7-13-12(8(2)21)16(23)20(13)14(17(24)25)15(7)26-10-5-9(19-6-10)3-4-11(18)22/h7-10,12-13,19,21H,3-6H2,1-2H3,(H2,18,22)(H,24,25)/t7-,8?,9-,10+,12-,13-/m1/s1. The maximum Gasteiger partial charge on any atom is 0.353 e. The molecule has 3 aliphatic heterocycles. The molecule has 0 bridgehead atoms. The number of thioether (sulfide) groups is 1. The Morgan fingerprint density at radius 1 is 1.46 bits per heavy atom. The third-order valence-electron chi connectivity index (χ3n) is 5.53. The van der Waals surface area contributed by atoms with Crippen LogP contribution in [-0.2, 0) is 14.4 Å². The molecule has 3 rings (SSSR count). The van der Waals surface area contributed by atoms with E-state index in [-0.39, 0.29) is 40.8 Å². The van der Waals surface area contributed by atoms with Gasteiger partial charge in [0.2, 0.25) is 11.8 Å². The summed E-state index contributed by atoms with van der Waals surface area (Å²) in [5, 5.41) is 23.0. The van der Waals surface area contributed by atoms with Gasteiger partial charge in [0.1, 0.15) is 5.70 Å². The summed E-state index contributed by atoms with van der Waals surface area (Å²) in [5.41, 5.74) is 5.26. The van der Waals surface area contributed by atoms with Crippen molar-refractivity contribution in [3.8, 4) is 0 Å². The van der Waals surface area contributed by atoms with Crippen molar-refractivity contribution >= 4 is 29.5 Å². The van der Waals surface area contributed by atoms with Gasteiger partial charge in [-0.1, -0.05) is 6.92 Å². The zero-order valence-electron chi connectivity index (χ0n) is 14.8. The van der Waals surface area contributed by atoms with E-state index in [9.17, 15) is 24.6 Å². The molecular formula is C17H25N3O5S. The van der Waals surface area contributed by atoms with E-state index < -0.39 is 18.0 Å². The Balaban J connectivity index is 1.72. The summed E-state index contributed by atoms with van der Waals surface area (Å²) in [5.74, 6) is -2.39. The number of amides is 2. The Hall–Kier alpha value is -1.58. The number of carbonyl (C=O) groups excluding carboxylic acids is 2. The summed E-state index contributed by atoms with van der Waals surface area (Å²) >= 11 is 1.51. The van der Waals surface area contributed by atoms with E-state index in [0.717, 1.165) is 13.0 Å². The lowest BCUT2D eigenvalue weighted by Crippen LogP contribution is -2.63. The van der Waals surface area contributed by atoms with Gasteiger partial charge < -0.3 is 26.2 Å². The SMILES string of the molecule is CC(O)[C@H]1C(=O)N2C(C(=O)O)=C(S[C@@H]3CN[C@H](CCC(N)=O)C3)[C@H](C)[C@H]12. The maximum atomic E-state index is 12.3. The highest BCUT2D eigenvalue weighted by Crippen LogP contribution is 2.51. The van der Waals surface area contributed by atoms with Gasteiger partial charge in [-0.15, -0.1) is 11.8 Å². The second-order valence-electron chi connectivity index (χ2n) is 7.36. The number of nitrogens with zero attached hydrogens (tertiary/aromatic N) is 1. The molecule has 0 saturated carbocycles. The normalized spacial score (nSPS) is 34.7. The number of fused-ring (bicyclic) bond motifs is 1. The molecule has 0 radical (unpaired) electrons. The van der Waals surface area contributed by atoms with Gasteiger partial charge in [0.25, 0.3) is 0 Å². The summed E-state index contributed by atoms with van der Waals surface area (Å²) < 4.78 is 0. The minimum atomic E-state index is -1.10. The average molecular weight is 383 g/mol. The third-order valence-corrected chi connectivity index (χ3v) is 7.04. The lowest BCUT2D eigenvalue weighted by Gasteiger charge is -2.46. The van der Waals surface area contributed by atoms with Crippen LogP contribution in [0.25, 0.3) is 0 Å². The minimum Gasteiger partial charge on any atom is -0.477 e. The van der Waals surface area contributed by atoms with Gasteiger partial charge in [0, 0.05) is 35.1 Å². The quantitative estimate of drug-likeness (QED) is 0.450. The first-order chi connectivity index (χ1) is 12.2. The molecule has 2 amide bonds. The van der Waals surface area contributed by atoms with Gasteiger partial charge in [-0.2, -0.15) is 0 Å². The Labute approximate surface area is 156 Å². The number of β-lactam (4-membered cyclic amide) rings is 1. The monoisotopic (exact) mass is 383 g/mol. The predicted octanol–water partition coefficient (Wildman–Crippen LogP) is -0.131. The summed E-state index contributed by atoms with van der Waals surface area (Å²) in [6.45, 7) is 4.21. The van der Waals surface area contributed by atoms with Crippen LogP contribution in [-0.4, -0.2) is 62.9 Å². The number of aliphatic hydroxyl groups is 1. The van der Waals surface area contributed by atoms with Crippen molar-refractivity contribution in [1.82, 2.24) is 10.2 Å². The van der Waals surface area contributed by atoms with Crippen LogP contribution in [0.3, 0.4) is 0 Å². The van der Waals surface area contributed by atoms with E-state index in [1.807, 2.05) is 6.92 Å². The number of aliphatic hydroxyl groups excluding tert-OH is 1. The van der Waals surface area contributed by atoms with Crippen molar-refractivity contribution in [2.45, 2.75) is 56.5 Å². The molecule has 2 saturated heterocycles. The Bertz CT molecular complexity index is 665. The van der Waals surface area contributed by atoms with E-state index in [4.69, 9.17) is 5.73 Å². The number of nitrogens with one attached hydrogen (secondary N) is 1. The van der Waals surface area contributed by atoms with Crippen LogP contribution in [0.15, 0.2) is 10.6 Å². The Morgan fingerprint density at radius 2 is 2.15 bits per heavy atom. The van der Waals surface area contributed by atoms with Crippen molar-refractivity contribution in [3.05, 3.63) is 10.6 Å². The van der Waals surface area contributed by atoms with Gasteiger partial charge in [0.05, 0.1) is 18.1 Å². The molecule has 0 aromatic carbocycles. The first-order valence-electron chi connectivity index (χ1n) is 8.89. The molecule has 0 aliphatic carbocycles. The zero-order chi connectivity index (χ0) is 19.2. The fourth-order valence-corrected chi connectivity index (χ4v) is 5.79. The fourth-order valence-electron chi connectivity index (χ4n) is 4.27. The molecule has 3 heterocycles. The van der Waals surface area contributed by atoms with Crippen LogP contribution >= 0.6 is 11.8 Å². The lowest BCUT2D eigenvalue weighted by molar-refractivity contribution is -0.163. The lowest BCUT2D eigenvalue weighted by atomic mass is 9.79. The number of primary amides is 1. The van der Waals surface area contributed by atoms with Crippen LogP contribution in [0.5, 0.6) is 0 Å². The molecular weight excluding hydrogens is 358 g/mol. The van der Waals surface area contributed by atoms with Gasteiger partial charge >= 0.3 is 5.97 Å². The van der Waals surface area contributed by atoms with Crippen LogP contribution in [0.2, 0.25) is 0 Å². The Morgan fingerprint density at radius 3 is 2.73 bits per heavy atom. The second-order valence-corrected chi connectivity index (χ2v) is 8.70. The number of carboxylic acids is 1. The van der Waals surface area contributed by atoms with Gasteiger partial charge in [0.15, 0.2) is 0 Å². The highest BCUT2D eigenvalue weighted by Gasteiger charge is 2.60. The summed E-state index contributed by atoms with van der Waals surface area (Å²) in [6, 6.07) is -0.0921. The number of nitrogens with two attached hydrogens (primary N) is 1.